The summed E-state index contributed by atoms with van der Waals surface area (Å²) in [6.07, 6.45) is 10.9. The normalized spacial score (nSPS) is 22.8. The minimum absolute atomic E-state index is 0.195. The molecule has 0 aliphatic carbocycles. The zero-order valence-electron chi connectivity index (χ0n) is 14.3. The SMILES string of the molecule is O=C1N=C(N2CCCCC2)N=C2N=CC=C(/C=C/c3ccc(Cl)cc3)C12. The van der Waals surface area contributed by atoms with Crippen LogP contribution in [0.25, 0.3) is 6.08 Å². The number of allylic oxidation sites excluding steroid dienone is 2. The summed E-state index contributed by atoms with van der Waals surface area (Å²) in [4.78, 5) is 27.9. The Labute approximate surface area is 157 Å². The molecule has 26 heavy (non-hydrogen) atoms. The topological polar surface area (TPSA) is 57.4 Å². The van der Waals surface area contributed by atoms with Crippen LogP contribution in [0.4, 0.5) is 0 Å². The van der Waals surface area contributed by atoms with Gasteiger partial charge in [0.05, 0.1) is 0 Å². The van der Waals surface area contributed by atoms with Crippen LogP contribution in [0.15, 0.2) is 57.0 Å². The van der Waals surface area contributed by atoms with E-state index >= 15 is 0 Å². The largest absolute Gasteiger partial charge is 0.341 e. The number of likely N-dealkylation sites (tertiary alicyclic amines) is 1. The number of piperidine rings is 1. The fourth-order valence-electron chi connectivity index (χ4n) is 3.31. The molecule has 0 aromatic heterocycles. The molecule has 1 amide bonds. The number of amidine groups is 1. The molecule has 5 nitrogen and oxygen atoms in total. The molecule has 0 radical (unpaired) electrons. The van der Waals surface area contributed by atoms with Crippen molar-refractivity contribution in [1.82, 2.24) is 4.90 Å². The third-order valence-electron chi connectivity index (χ3n) is 4.71. The Morgan fingerprint density at radius 2 is 1.81 bits per heavy atom. The monoisotopic (exact) mass is 366 g/mol. The highest BCUT2D eigenvalue weighted by atomic mass is 35.5. The molecule has 1 aromatic carbocycles. The van der Waals surface area contributed by atoms with Crippen LogP contribution in [0.2, 0.25) is 5.02 Å². The van der Waals surface area contributed by atoms with E-state index in [0.717, 1.165) is 37.1 Å². The van der Waals surface area contributed by atoms with Crippen LogP contribution in [-0.2, 0) is 4.79 Å². The van der Waals surface area contributed by atoms with Crippen molar-refractivity contribution < 1.29 is 4.79 Å². The van der Waals surface area contributed by atoms with E-state index < -0.39 is 5.92 Å². The first-order valence-electron chi connectivity index (χ1n) is 8.85. The average Bonchev–Trinajstić information content (AvgIpc) is 2.68. The molecule has 0 bridgehead atoms. The third-order valence-corrected chi connectivity index (χ3v) is 4.97. The molecule has 0 saturated carbocycles. The Bertz CT molecular complexity index is 858. The molecular weight excluding hydrogens is 348 g/mol. The molecule has 3 heterocycles. The van der Waals surface area contributed by atoms with Gasteiger partial charge in [0.1, 0.15) is 11.8 Å². The lowest BCUT2D eigenvalue weighted by molar-refractivity contribution is -0.118. The second-order valence-electron chi connectivity index (χ2n) is 6.53. The van der Waals surface area contributed by atoms with Crippen LogP contribution in [-0.4, -0.2) is 41.9 Å². The van der Waals surface area contributed by atoms with Crippen molar-refractivity contribution in [3.8, 4) is 0 Å². The van der Waals surface area contributed by atoms with E-state index in [2.05, 4.69) is 19.9 Å². The van der Waals surface area contributed by atoms with Gasteiger partial charge in [-0.15, -0.1) is 0 Å². The van der Waals surface area contributed by atoms with Crippen molar-refractivity contribution in [2.24, 2.45) is 20.9 Å². The van der Waals surface area contributed by atoms with Crippen LogP contribution < -0.4 is 0 Å². The number of amides is 1. The molecule has 1 unspecified atom stereocenters. The average molecular weight is 367 g/mol. The summed E-state index contributed by atoms with van der Waals surface area (Å²) in [5.74, 6) is 0.335. The molecule has 0 spiro atoms. The summed E-state index contributed by atoms with van der Waals surface area (Å²) in [7, 11) is 0. The number of rotatable bonds is 2. The zero-order valence-corrected chi connectivity index (χ0v) is 15.1. The molecule has 1 saturated heterocycles. The van der Waals surface area contributed by atoms with Gasteiger partial charge in [-0.05, 0) is 48.6 Å². The van der Waals surface area contributed by atoms with E-state index in [9.17, 15) is 4.79 Å². The lowest BCUT2D eigenvalue weighted by Gasteiger charge is -2.30. The minimum Gasteiger partial charge on any atom is -0.341 e. The number of dihydropyridines is 1. The van der Waals surface area contributed by atoms with E-state index in [1.165, 1.54) is 6.42 Å². The highest BCUT2D eigenvalue weighted by Crippen LogP contribution is 2.25. The van der Waals surface area contributed by atoms with E-state index in [1.54, 1.807) is 6.21 Å². The molecule has 1 fully saturated rings. The fourth-order valence-corrected chi connectivity index (χ4v) is 3.44. The van der Waals surface area contributed by atoms with Gasteiger partial charge in [0.15, 0.2) is 0 Å². The van der Waals surface area contributed by atoms with Crippen molar-refractivity contribution in [2.45, 2.75) is 19.3 Å². The Balaban J connectivity index is 1.55. The summed E-state index contributed by atoms with van der Waals surface area (Å²) in [5, 5.41) is 0.697. The van der Waals surface area contributed by atoms with Crippen molar-refractivity contribution >= 4 is 41.6 Å². The molecular formula is C20H19ClN4O. The third kappa shape index (κ3) is 3.53. The number of nitrogens with zero attached hydrogens (tertiary/aromatic N) is 4. The smallest absolute Gasteiger partial charge is 0.264 e. The second kappa shape index (κ2) is 7.38. The summed E-state index contributed by atoms with van der Waals surface area (Å²) >= 11 is 5.92. The van der Waals surface area contributed by atoms with Crippen LogP contribution in [0.1, 0.15) is 24.8 Å². The molecule has 4 rings (SSSR count). The maximum absolute atomic E-state index is 12.7. The molecule has 6 heteroatoms. The fraction of sp³-hybridized carbons (Fsp3) is 0.300. The van der Waals surface area contributed by atoms with E-state index in [1.807, 2.05) is 42.5 Å². The van der Waals surface area contributed by atoms with Gasteiger partial charge in [-0.3, -0.25) is 4.79 Å². The number of guanidine groups is 1. The van der Waals surface area contributed by atoms with Crippen LogP contribution in [0.5, 0.6) is 0 Å². The second-order valence-corrected chi connectivity index (χ2v) is 6.97. The lowest BCUT2D eigenvalue weighted by Crippen LogP contribution is -2.40. The van der Waals surface area contributed by atoms with E-state index in [-0.39, 0.29) is 5.91 Å². The Morgan fingerprint density at radius 1 is 1.04 bits per heavy atom. The van der Waals surface area contributed by atoms with Crippen molar-refractivity contribution in [3.05, 3.63) is 52.6 Å². The number of benzene rings is 1. The molecule has 3 aliphatic heterocycles. The van der Waals surface area contributed by atoms with Gasteiger partial charge in [-0.25, -0.2) is 4.99 Å². The van der Waals surface area contributed by atoms with Gasteiger partial charge in [0.2, 0.25) is 5.96 Å². The minimum atomic E-state index is -0.517. The van der Waals surface area contributed by atoms with Gasteiger partial charge in [0.25, 0.3) is 5.91 Å². The van der Waals surface area contributed by atoms with Crippen molar-refractivity contribution in [3.63, 3.8) is 0 Å². The van der Waals surface area contributed by atoms with Crippen molar-refractivity contribution in [1.29, 1.82) is 0 Å². The number of fused-ring (bicyclic) bond motifs is 1. The van der Waals surface area contributed by atoms with Crippen LogP contribution >= 0.6 is 11.6 Å². The first-order valence-corrected chi connectivity index (χ1v) is 9.22. The summed E-state index contributed by atoms with van der Waals surface area (Å²) < 4.78 is 0. The first-order chi connectivity index (χ1) is 12.7. The highest BCUT2D eigenvalue weighted by Gasteiger charge is 2.34. The van der Waals surface area contributed by atoms with Gasteiger partial charge in [-0.1, -0.05) is 35.9 Å². The van der Waals surface area contributed by atoms with Crippen LogP contribution in [0.3, 0.4) is 0 Å². The number of carbonyl (C=O) groups is 1. The zero-order chi connectivity index (χ0) is 17.9. The predicted octanol–water partition coefficient (Wildman–Crippen LogP) is 3.76. The summed E-state index contributed by atoms with van der Waals surface area (Å²) in [6.45, 7) is 1.80. The van der Waals surface area contributed by atoms with Gasteiger partial charge in [-0.2, -0.15) is 9.98 Å². The number of aliphatic imine (C=N–C) groups is 3. The number of hydrogen-bond acceptors (Lipinski definition) is 4. The van der Waals surface area contributed by atoms with E-state index in [0.29, 0.717) is 16.8 Å². The standard InChI is InChI=1S/C20H19ClN4O/c21-16-8-5-14(6-9-16)4-7-15-10-11-22-18-17(15)19(26)24-20(23-18)25-12-2-1-3-13-25/h4-11,17H,1-3,12-13H2/b7-4+. The summed E-state index contributed by atoms with van der Waals surface area (Å²) in [6, 6.07) is 7.54. The lowest BCUT2D eigenvalue weighted by atomic mass is 9.93. The molecule has 0 N–H and O–H groups in total. The van der Waals surface area contributed by atoms with Gasteiger partial charge >= 0.3 is 0 Å². The molecule has 132 valence electrons. The first kappa shape index (κ1) is 16.9. The highest BCUT2D eigenvalue weighted by molar-refractivity contribution is 6.30. The Hall–Kier alpha value is -2.53. The van der Waals surface area contributed by atoms with Crippen molar-refractivity contribution in [2.75, 3.05) is 13.1 Å². The number of carbonyl (C=O) groups excluding carboxylic acids is 1. The maximum atomic E-state index is 12.7. The maximum Gasteiger partial charge on any atom is 0.264 e. The Morgan fingerprint density at radius 3 is 2.58 bits per heavy atom. The van der Waals surface area contributed by atoms with Crippen LogP contribution in [0, 0.1) is 5.92 Å². The van der Waals surface area contributed by atoms with Gasteiger partial charge < -0.3 is 4.90 Å². The number of hydrogen-bond donors (Lipinski definition) is 0. The predicted molar refractivity (Wildman–Crippen MR) is 106 cm³/mol. The molecule has 3 aliphatic rings. The van der Waals surface area contributed by atoms with E-state index in [4.69, 9.17) is 11.6 Å². The quantitative estimate of drug-likeness (QED) is 0.800. The Kier molecular flexibility index (Phi) is 4.80. The molecule has 1 atom stereocenters. The van der Waals surface area contributed by atoms with Gasteiger partial charge in [0, 0.05) is 24.3 Å². The summed E-state index contributed by atoms with van der Waals surface area (Å²) in [5.41, 5.74) is 1.86. The number of halogens is 1. The molecule has 1 aromatic rings.